The Morgan fingerprint density at radius 2 is 2.14 bits per heavy atom. The van der Waals surface area contributed by atoms with E-state index in [0.29, 0.717) is 12.5 Å². The van der Waals surface area contributed by atoms with Gasteiger partial charge in [-0.05, 0) is 31.7 Å². The van der Waals surface area contributed by atoms with Crippen LogP contribution in [0.4, 0.5) is 0 Å². The van der Waals surface area contributed by atoms with Crippen LogP contribution in [0.2, 0.25) is 0 Å². The minimum atomic E-state index is 0.239. The van der Waals surface area contributed by atoms with Crippen molar-refractivity contribution in [3.63, 3.8) is 0 Å². The average molecular weight is 198 g/mol. The molecule has 1 fully saturated rings. The van der Waals surface area contributed by atoms with Crippen LogP contribution in [0.5, 0.6) is 0 Å². The smallest absolute Gasteiger partial charge is 0.223 e. The molecule has 0 heterocycles. The van der Waals surface area contributed by atoms with Crippen molar-refractivity contribution in [1.29, 1.82) is 0 Å². The van der Waals surface area contributed by atoms with E-state index in [9.17, 15) is 4.79 Å². The molecule has 1 saturated carbocycles. The van der Waals surface area contributed by atoms with Gasteiger partial charge >= 0.3 is 0 Å². The highest BCUT2D eigenvalue weighted by atomic mass is 16.2. The van der Waals surface area contributed by atoms with Crippen molar-refractivity contribution >= 4 is 5.91 Å². The summed E-state index contributed by atoms with van der Waals surface area (Å²) in [7, 11) is 0. The molecule has 0 bridgehead atoms. The van der Waals surface area contributed by atoms with Crippen LogP contribution in [0.25, 0.3) is 0 Å². The summed E-state index contributed by atoms with van der Waals surface area (Å²) in [4.78, 5) is 11.7. The van der Waals surface area contributed by atoms with E-state index in [-0.39, 0.29) is 17.9 Å². The van der Waals surface area contributed by atoms with Gasteiger partial charge in [0.2, 0.25) is 5.91 Å². The monoisotopic (exact) mass is 198 g/mol. The third kappa shape index (κ3) is 2.98. The third-order valence-corrected chi connectivity index (χ3v) is 3.09. The number of hydrogen-bond acceptors (Lipinski definition) is 2. The molecule has 1 unspecified atom stereocenters. The maximum Gasteiger partial charge on any atom is 0.223 e. The second kappa shape index (κ2) is 5.35. The highest BCUT2D eigenvalue weighted by Gasteiger charge is 2.27. The maximum absolute atomic E-state index is 11.7. The van der Waals surface area contributed by atoms with Gasteiger partial charge in [0.15, 0.2) is 0 Å². The molecule has 3 N–H and O–H groups in total. The van der Waals surface area contributed by atoms with Crippen molar-refractivity contribution in [3.8, 4) is 0 Å². The quantitative estimate of drug-likeness (QED) is 0.699. The lowest BCUT2D eigenvalue weighted by Gasteiger charge is -2.29. The third-order valence-electron chi connectivity index (χ3n) is 3.09. The molecule has 1 aliphatic rings. The Morgan fingerprint density at radius 3 is 2.50 bits per heavy atom. The number of amides is 1. The van der Waals surface area contributed by atoms with E-state index >= 15 is 0 Å². The number of carbonyl (C=O) groups excluding carboxylic acids is 1. The summed E-state index contributed by atoms with van der Waals surface area (Å²) in [5.74, 6) is 1.00. The first-order valence-electron chi connectivity index (χ1n) is 5.65. The van der Waals surface area contributed by atoms with Crippen LogP contribution < -0.4 is 11.1 Å². The number of nitrogens with two attached hydrogens (primary N) is 1. The van der Waals surface area contributed by atoms with Crippen molar-refractivity contribution in [2.24, 2.45) is 17.6 Å². The van der Waals surface area contributed by atoms with Gasteiger partial charge in [-0.15, -0.1) is 0 Å². The largest absolute Gasteiger partial charge is 0.353 e. The van der Waals surface area contributed by atoms with Gasteiger partial charge in [0.05, 0.1) is 0 Å². The van der Waals surface area contributed by atoms with Gasteiger partial charge in [0.25, 0.3) is 0 Å². The molecule has 3 heteroatoms. The van der Waals surface area contributed by atoms with E-state index in [0.717, 1.165) is 19.3 Å². The summed E-state index contributed by atoms with van der Waals surface area (Å²) in [6.45, 7) is 4.90. The second-order valence-corrected chi connectivity index (χ2v) is 4.56. The van der Waals surface area contributed by atoms with Gasteiger partial charge in [-0.2, -0.15) is 0 Å². The molecule has 0 aromatic carbocycles. The Hall–Kier alpha value is -0.570. The summed E-state index contributed by atoms with van der Waals surface area (Å²) in [5, 5.41) is 3.10. The standard InChI is InChI=1S/C11H22N2O/c1-8(2)10(6-7-12)13-11(14)9-4-3-5-9/h8-10H,3-7,12H2,1-2H3,(H,13,14). The first kappa shape index (κ1) is 11.5. The minimum absolute atomic E-state index is 0.239. The molecule has 0 aliphatic heterocycles. The number of carbonyl (C=O) groups is 1. The Kier molecular flexibility index (Phi) is 4.39. The number of rotatable bonds is 5. The summed E-state index contributed by atoms with van der Waals surface area (Å²) < 4.78 is 0. The first-order valence-corrected chi connectivity index (χ1v) is 5.65. The zero-order valence-electron chi connectivity index (χ0n) is 9.25. The van der Waals surface area contributed by atoms with Crippen LogP contribution in [-0.4, -0.2) is 18.5 Å². The van der Waals surface area contributed by atoms with Gasteiger partial charge in [-0.3, -0.25) is 4.79 Å². The molecule has 0 aromatic heterocycles. The second-order valence-electron chi connectivity index (χ2n) is 4.56. The first-order chi connectivity index (χ1) is 6.65. The number of hydrogen-bond donors (Lipinski definition) is 2. The molecule has 1 aliphatic carbocycles. The fourth-order valence-electron chi connectivity index (χ4n) is 1.72. The van der Waals surface area contributed by atoms with Crippen molar-refractivity contribution in [2.45, 2.75) is 45.6 Å². The van der Waals surface area contributed by atoms with E-state index in [2.05, 4.69) is 19.2 Å². The normalized spacial score (nSPS) is 19.1. The van der Waals surface area contributed by atoms with Gasteiger partial charge in [0, 0.05) is 12.0 Å². The van der Waals surface area contributed by atoms with Crippen molar-refractivity contribution in [1.82, 2.24) is 5.32 Å². The molecule has 1 amide bonds. The molecule has 1 atom stereocenters. The fourth-order valence-corrected chi connectivity index (χ4v) is 1.72. The average Bonchev–Trinajstić information content (AvgIpc) is 1.99. The topological polar surface area (TPSA) is 55.1 Å². The molecular formula is C11H22N2O. The van der Waals surface area contributed by atoms with Crippen LogP contribution >= 0.6 is 0 Å². The molecule has 0 spiro atoms. The number of nitrogens with one attached hydrogen (secondary N) is 1. The predicted octanol–water partition coefficient (Wildman–Crippen LogP) is 1.28. The van der Waals surface area contributed by atoms with Gasteiger partial charge in [-0.25, -0.2) is 0 Å². The zero-order valence-corrected chi connectivity index (χ0v) is 9.25. The molecule has 0 radical (unpaired) electrons. The highest BCUT2D eigenvalue weighted by molar-refractivity contribution is 5.79. The Bertz CT molecular complexity index is 188. The van der Waals surface area contributed by atoms with Crippen molar-refractivity contribution < 1.29 is 4.79 Å². The van der Waals surface area contributed by atoms with Crippen LogP contribution in [0, 0.1) is 11.8 Å². The molecule has 14 heavy (non-hydrogen) atoms. The van der Waals surface area contributed by atoms with E-state index in [1.807, 2.05) is 0 Å². The lowest BCUT2D eigenvalue weighted by atomic mass is 9.84. The zero-order chi connectivity index (χ0) is 10.6. The summed E-state index contributed by atoms with van der Waals surface area (Å²) in [6.07, 6.45) is 4.23. The van der Waals surface area contributed by atoms with Crippen molar-refractivity contribution in [3.05, 3.63) is 0 Å². The fraction of sp³-hybridized carbons (Fsp3) is 0.909. The van der Waals surface area contributed by atoms with Crippen LogP contribution in [0.1, 0.15) is 39.5 Å². The molecular weight excluding hydrogens is 176 g/mol. The van der Waals surface area contributed by atoms with Crippen LogP contribution in [0.3, 0.4) is 0 Å². The minimum Gasteiger partial charge on any atom is -0.353 e. The lowest BCUT2D eigenvalue weighted by Crippen LogP contribution is -2.44. The maximum atomic E-state index is 11.7. The van der Waals surface area contributed by atoms with Crippen LogP contribution in [0.15, 0.2) is 0 Å². The SMILES string of the molecule is CC(C)C(CCN)NC(=O)C1CCC1. The van der Waals surface area contributed by atoms with E-state index < -0.39 is 0 Å². The van der Waals surface area contributed by atoms with Crippen LogP contribution in [-0.2, 0) is 4.79 Å². The predicted molar refractivity (Wildman–Crippen MR) is 57.8 cm³/mol. The van der Waals surface area contributed by atoms with Gasteiger partial charge in [0.1, 0.15) is 0 Å². The molecule has 3 nitrogen and oxygen atoms in total. The van der Waals surface area contributed by atoms with E-state index in [1.54, 1.807) is 0 Å². The van der Waals surface area contributed by atoms with E-state index in [4.69, 9.17) is 5.73 Å². The summed E-state index contributed by atoms with van der Waals surface area (Å²) in [6, 6.07) is 0.258. The Morgan fingerprint density at radius 1 is 1.50 bits per heavy atom. The molecule has 1 rings (SSSR count). The lowest BCUT2D eigenvalue weighted by molar-refractivity contribution is -0.128. The van der Waals surface area contributed by atoms with E-state index in [1.165, 1.54) is 6.42 Å². The molecule has 82 valence electrons. The van der Waals surface area contributed by atoms with Crippen molar-refractivity contribution in [2.75, 3.05) is 6.54 Å². The van der Waals surface area contributed by atoms with Gasteiger partial charge < -0.3 is 11.1 Å². The molecule has 0 aromatic rings. The summed E-state index contributed by atoms with van der Waals surface area (Å²) >= 11 is 0. The van der Waals surface area contributed by atoms with Gasteiger partial charge in [-0.1, -0.05) is 20.3 Å². The molecule has 0 saturated heterocycles. The summed E-state index contributed by atoms with van der Waals surface area (Å²) in [5.41, 5.74) is 5.51. The Labute approximate surface area is 86.4 Å². The Balaban J connectivity index is 2.33. The highest BCUT2D eigenvalue weighted by Crippen LogP contribution is 2.26.